The average Bonchev–Trinajstić information content (AvgIpc) is 3.38. The number of halogens is 1. The quantitative estimate of drug-likeness (QED) is 0.556. The molecule has 8 heteroatoms. The summed E-state index contributed by atoms with van der Waals surface area (Å²) in [6.07, 6.45) is 0. The molecule has 0 saturated heterocycles. The van der Waals surface area contributed by atoms with Crippen molar-refractivity contribution in [2.24, 2.45) is 5.73 Å². The summed E-state index contributed by atoms with van der Waals surface area (Å²) in [6.45, 7) is 1.73. The van der Waals surface area contributed by atoms with Crippen LogP contribution in [0.4, 0.5) is 15.8 Å². The summed E-state index contributed by atoms with van der Waals surface area (Å²) in [5.41, 5.74) is 8.08. The highest BCUT2D eigenvalue weighted by atomic mass is 19.1. The number of rotatable bonds is 3. The van der Waals surface area contributed by atoms with Crippen LogP contribution >= 0.6 is 0 Å². The first-order valence-electron chi connectivity index (χ1n) is 11.7. The van der Waals surface area contributed by atoms with Crippen LogP contribution in [-0.4, -0.2) is 18.5 Å². The molecular formula is C29H21FN4O3. The lowest BCUT2D eigenvalue weighted by Gasteiger charge is -2.38. The maximum Gasteiger partial charge on any atom is 0.338 e. The lowest BCUT2D eigenvalue weighted by molar-refractivity contribution is -0.137. The van der Waals surface area contributed by atoms with Crippen molar-refractivity contribution in [3.63, 3.8) is 0 Å². The molecule has 0 fully saturated rings. The van der Waals surface area contributed by atoms with Gasteiger partial charge in [0.1, 0.15) is 29.7 Å². The number of benzene rings is 3. The normalized spacial score (nSPS) is 20.4. The number of ether oxygens (including phenoxy) is 1. The molecule has 0 aliphatic carbocycles. The predicted octanol–water partition coefficient (Wildman–Crippen LogP) is 3.94. The van der Waals surface area contributed by atoms with Gasteiger partial charge in [0.15, 0.2) is 0 Å². The number of aryl methyl sites for hydroxylation is 1. The number of anilines is 2. The van der Waals surface area contributed by atoms with Gasteiger partial charge in [-0.2, -0.15) is 5.26 Å². The Hall–Kier alpha value is -4.90. The van der Waals surface area contributed by atoms with Gasteiger partial charge < -0.3 is 15.4 Å². The van der Waals surface area contributed by atoms with E-state index in [0.29, 0.717) is 28.2 Å². The predicted molar refractivity (Wildman–Crippen MR) is 134 cm³/mol. The van der Waals surface area contributed by atoms with Crippen molar-refractivity contribution in [3.8, 4) is 6.07 Å². The number of nitrogens with two attached hydrogens (primary N) is 1. The Morgan fingerprint density at radius 3 is 2.59 bits per heavy atom. The fourth-order valence-corrected chi connectivity index (χ4v) is 5.61. The molecule has 2 N–H and O–H groups in total. The van der Waals surface area contributed by atoms with Crippen molar-refractivity contribution in [1.82, 2.24) is 0 Å². The Kier molecular flexibility index (Phi) is 4.92. The molecule has 7 nitrogen and oxygen atoms in total. The van der Waals surface area contributed by atoms with Crippen LogP contribution in [0.1, 0.15) is 16.7 Å². The number of nitriles is 1. The maximum absolute atomic E-state index is 14.6. The van der Waals surface area contributed by atoms with Crippen molar-refractivity contribution in [2.75, 3.05) is 16.4 Å². The molecule has 3 aliphatic rings. The first-order valence-corrected chi connectivity index (χ1v) is 11.7. The van der Waals surface area contributed by atoms with Crippen LogP contribution in [0.2, 0.25) is 0 Å². The minimum absolute atomic E-state index is 0.0426. The van der Waals surface area contributed by atoms with E-state index in [2.05, 4.69) is 6.07 Å². The smallest absolute Gasteiger partial charge is 0.338 e. The monoisotopic (exact) mass is 492 g/mol. The van der Waals surface area contributed by atoms with E-state index < -0.39 is 23.1 Å². The van der Waals surface area contributed by atoms with E-state index in [9.17, 15) is 19.2 Å². The molecule has 3 aromatic rings. The molecule has 0 radical (unpaired) electrons. The number of hydrogen-bond donors (Lipinski definition) is 1. The molecule has 0 unspecified atom stereocenters. The van der Waals surface area contributed by atoms with E-state index in [0.717, 1.165) is 5.56 Å². The molecule has 0 aromatic heterocycles. The van der Waals surface area contributed by atoms with Crippen molar-refractivity contribution >= 4 is 23.3 Å². The molecule has 0 bridgehead atoms. The van der Waals surface area contributed by atoms with E-state index in [1.165, 1.54) is 11.0 Å². The lowest BCUT2D eigenvalue weighted by atomic mass is 9.67. The third-order valence-electron chi connectivity index (χ3n) is 7.17. The fourth-order valence-electron chi connectivity index (χ4n) is 5.61. The van der Waals surface area contributed by atoms with Gasteiger partial charge in [-0.1, -0.05) is 48.5 Å². The number of cyclic esters (lactones) is 1. The maximum atomic E-state index is 14.6. The molecule has 182 valence electrons. The van der Waals surface area contributed by atoms with Crippen molar-refractivity contribution in [1.29, 1.82) is 5.26 Å². The number of amides is 1. The molecule has 6 rings (SSSR count). The van der Waals surface area contributed by atoms with Crippen LogP contribution in [0.3, 0.4) is 0 Å². The van der Waals surface area contributed by atoms with Gasteiger partial charge in [-0.3, -0.25) is 9.69 Å². The summed E-state index contributed by atoms with van der Waals surface area (Å²) in [7, 11) is 0. The first-order chi connectivity index (χ1) is 17.9. The van der Waals surface area contributed by atoms with Crippen molar-refractivity contribution < 1.29 is 18.7 Å². The highest BCUT2D eigenvalue weighted by molar-refractivity contribution is 6.19. The SMILES string of the molecule is Cc1cccc(N2C(N)=C(C#N)[C@]3(C(=O)N(Cc4ccccc4F)c4ccccc43)C3=C2COC3=O)c1. The molecule has 3 aliphatic heterocycles. The zero-order valence-corrected chi connectivity index (χ0v) is 19.9. The Morgan fingerprint density at radius 2 is 1.84 bits per heavy atom. The zero-order chi connectivity index (χ0) is 25.9. The summed E-state index contributed by atoms with van der Waals surface area (Å²) in [5.74, 6) is -1.66. The molecule has 1 amide bonds. The number of hydrogen-bond acceptors (Lipinski definition) is 6. The van der Waals surface area contributed by atoms with Crippen LogP contribution in [0, 0.1) is 24.1 Å². The summed E-state index contributed by atoms with van der Waals surface area (Å²) >= 11 is 0. The van der Waals surface area contributed by atoms with E-state index >= 15 is 0 Å². The summed E-state index contributed by atoms with van der Waals surface area (Å²) in [5, 5.41) is 10.5. The van der Waals surface area contributed by atoms with Gasteiger partial charge in [0, 0.05) is 22.5 Å². The number of esters is 1. The fraction of sp³-hybridized carbons (Fsp3) is 0.138. The van der Waals surface area contributed by atoms with E-state index in [4.69, 9.17) is 10.5 Å². The standard InChI is InChI=1S/C29H21FN4O3/c1-17-7-6-9-19(13-17)34-24-16-37-27(35)25(24)29(21(14-31)26(34)32)20-10-3-5-12-23(20)33(28(29)36)15-18-8-2-4-11-22(18)30/h2-13H,15-16,32H2,1H3/t29-/m0/s1. The van der Waals surface area contributed by atoms with Gasteiger partial charge in [0.25, 0.3) is 0 Å². The summed E-state index contributed by atoms with van der Waals surface area (Å²) in [4.78, 5) is 30.8. The van der Waals surface area contributed by atoms with E-state index in [1.807, 2.05) is 31.2 Å². The second-order valence-corrected chi connectivity index (χ2v) is 9.19. The van der Waals surface area contributed by atoms with Gasteiger partial charge in [0.2, 0.25) is 5.91 Å². The van der Waals surface area contributed by atoms with Crippen LogP contribution in [0.5, 0.6) is 0 Å². The molecule has 3 aromatic carbocycles. The number of carbonyl (C=O) groups is 2. The van der Waals surface area contributed by atoms with Crippen LogP contribution in [-0.2, 0) is 26.3 Å². The van der Waals surface area contributed by atoms with Crippen molar-refractivity contribution in [3.05, 3.63) is 118 Å². The third-order valence-corrected chi connectivity index (χ3v) is 7.17. The van der Waals surface area contributed by atoms with Gasteiger partial charge in [-0.15, -0.1) is 0 Å². The highest BCUT2D eigenvalue weighted by Gasteiger charge is 2.64. The second-order valence-electron chi connectivity index (χ2n) is 9.19. The van der Waals surface area contributed by atoms with Crippen molar-refractivity contribution in [2.45, 2.75) is 18.9 Å². The topological polar surface area (TPSA) is 99.7 Å². The number of nitrogens with zero attached hydrogens (tertiary/aromatic N) is 3. The number of carbonyl (C=O) groups excluding carboxylic acids is 2. The molecule has 37 heavy (non-hydrogen) atoms. The second kappa shape index (κ2) is 8.07. The van der Waals surface area contributed by atoms with Crippen LogP contribution < -0.4 is 15.5 Å². The Labute approximate surface area is 212 Å². The van der Waals surface area contributed by atoms with Gasteiger partial charge >= 0.3 is 5.97 Å². The molecule has 1 atom stereocenters. The average molecular weight is 493 g/mol. The molecule has 3 heterocycles. The number of para-hydroxylation sites is 1. The van der Waals surface area contributed by atoms with E-state index in [-0.39, 0.29) is 30.1 Å². The first kappa shape index (κ1) is 22.6. The third kappa shape index (κ3) is 2.97. The number of fused-ring (bicyclic) bond motifs is 3. The Morgan fingerprint density at radius 1 is 1.08 bits per heavy atom. The van der Waals surface area contributed by atoms with Gasteiger partial charge in [0.05, 0.1) is 23.4 Å². The van der Waals surface area contributed by atoms with Gasteiger partial charge in [-0.05, 0) is 36.8 Å². The molecule has 0 saturated carbocycles. The summed E-state index contributed by atoms with van der Waals surface area (Å²) < 4.78 is 20.1. The van der Waals surface area contributed by atoms with E-state index in [1.54, 1.807) is 47.4 Å². The highest BCUT2D eigenvalue weighted by Crippen LogP contribution is 2.56. The molecular weight excluding hydrogens is 471 g/mol. The minimum atomic E-state index is -1.80. The van der Waals surface area contributed by atoms with Crippen LogP contribution in [0.25, 0.3) is 0 Å². The lowest BCUT2D eigenvalue weighted by Crippen LogP contribution is -2.50. The largest absolute Gasteiger partial charge is 0.456 e. The zero-order valence-electron chi connectivity index (χ0n) is 19.9. The van der Waals surface area contributed by atoms with Crippen LogP contribution in [0.15, 0.2) is 95.5 Å². The minimum Gasteiger partial charge on any atom is -0.456 e. The Bertz CT molecular complexity index is 1620. The summed E-state index contributed by atoms with van der Waals surface area (Å²) in [6, 6.07) is 22.7. The Balaban J connectivity index is 1.62. The molecule has 1 spiro atoms. The van der Waals surface area contributed by atoms with Gasteiger partial charge in [-0.25, -0.2) is 9.18 Å².